The summed E-state index contributed by atoms with van der Waals surface area (Å²) in [5.74, 6) is 1.78. The molecule has 27 heavy (non-hydrogen) atoms. The van der Waals surface area contributed by atoms with Crippen molar-refractivity contribution in [3.05, 3.63) is 95.7 Å². The molecule has 0 saturated heterocycles. The quantitative estimate of drug-likeness (QED) is 0.468. The van der Waals surface area contributed by atoms with Gasteiger partial charge >= 0.3 is 0 Å². The lowest BCUT2D eigenvalue weighted by atomic mass is 10.0. The molecule has 0 spiro atoms. The molecular weight excluding hydrogens is 334 g/mol. The van der Waals surface area contributed by atoms with E-state index in [0.717, 1.165) is 30.0 Å². The second-order valence-corrected chi connectivity index (χ2v) is 6.64. The van der Waals surface area contributed by atoms with Gasteiger partial charge in [0.2, 0.25) is 0 Å². The molecule has 0 amide bonds. The second-order valence-electron chi connectivity index (χ2n) is 6.64. The van der Waals surface area contributed by atoms with Gasteiger partial charge in [0.15, 0.2) is 0 Å². The SMILES string of the molecule is COc1ccc2c(Cc3ccccc3)cn(Cc3ccccc3OC)c2c1. The molecule has 4 rings (SSSR count). The summed E-state index contributed by atoms with van der Waals surface area (Å²) in [6.45, 7) is 0.752. The maximum atomic E-state index is 5.54. The van der Waals surface area contributed by atoms with Crippen molar-refractivity contribution in [3.8, 4) is 11.5 Å². The Morgan fingerprint density at radius 1 is 0.778 bits per heavy atom. The lowest BCUT2D eigenvalue weighted by Gasteiger charge is -2.10. The van der Waals surface area contributed by atoms with Crippen molar-refractivity contribution in [2.24, 2.45) is 0 Å². The van der Waals surface area contributed by atoms with Crippen molar-refractivity contribution in [2.45, 2.75) is 13.0 Å². The van der Waals surface area contributed by atoms with Crippen LogP contribution in [0.1, 0.15) is 16.7 Å². The number of para-hydroxylation sites is 1. The van der Waals surface area contributed by atoms with Gasteiger partial charge in [-0.15, -0.1) is 0 Å². The fourth-order valence-corrected chi connectivity index (χ4v) is 3.58. The van der Waals surface area contributed by atoms with Gasteiger partial charge in [-0.25, -0.2) is 0 Å². The first-order valence-corrected chi connectivity index (χ1v) is 9.10. The van der Waals surface area contributed by atoms with E-state index in [1.54, 1.807) is 14.2 Å². The molecule has 0 N–H and O–H groups in total. The number of aromatic nitrogens is 1. The van der Waals surface area contributed by atoms with Crippen LogP contribution in [0.2, 0.25) is 0 Å². The summed E-state index contributed by atoms with van der Waals surface area (Å²) in [7, 11) is 3.43. The lowest BCUT2D eigenvalue weighted by Crippen LogP contribution is -2.00. The Balaban J connectivity index is 1.79. The summed E-state index contributed by atoms with van der Waals surface area (Å²) < 4.78 is 13.3. The Morgan fingerprint density at radius 2 is 1.56 bits per heavy atom. The third-order valence-corrected chi connectivity index (χ3v) is 4.94. The third-order valence-electron chi connectivity index (χ3n) is 4.94. The van der Waals surface area contributed by atoms with E-state index in [9.17, 15) is 0 Å². The minimum absolute atomic E-state index is 0.752. The molecule has 0 unspecified atom stereocenters. The molecule has 0 bridgehead atoms. The molecule has 3 aromatic carbocycles. The van der Waals surface area contributed by atoms with Crippen LogP contribution in [0.15, 0.2) is 79.0 Å². The van der Waals surface area contributed by atoms with Crippen molar-refractivity contribution in [3.63, 3.8) is 0 Å². The van der Waals surface area contributed by atoms with Crippen LogP contribution in [-0.2, 0) is 13.0 Å². The number of ether oxygens (including phenoxy) is 2. The Labute approximate surface area is 159 Å². The largest absolute Gasteiger partial charge is 0.497 e. The first-order valence-electron chi connectivity index (χ1n) is 9.10. The standard InChI is InChI=1S/C24H23NO2/c1-26-21-12-13-22-20(14-18-8-4-3-5-9-18)17-25(23(22)15-21)16-19-10-6-7-11-24(19)27-2/h3-13,15,17H,14,16H2,1-2H3. The number of rotatable bonds is 6. The second kappa shape index (κ2) is 7.58. The van der Waals surface area contributed by atoms with Gasteiger partial charge in [-0.1, -0.05) is 48.5 Å². The summed E-state index contributed by atoms with van der Waals surface area (Å²) in [6.07, 6.45) is 3.16. The Morgan fingerprint density at radius 3 is 2.33 bits per heavy atom. The molecule has 4 aromatic rings. The zero-order valence-corrected chi connectivity index (χ0v) is 15.7. The number of hydrogen-bond donors (Lipinski definition) is 0. The van der Waals surface area contributed by atoms with Crippen molar-refractivity contribution < 1.29 is 9.47 Å². The monoisotopic (exact) mass is 357 g/mol. The zero-order valence-electron chi connectivity index (χ0n) is 15.7. The maximum absolute atomic E-state index is 5.54. The minimum Gasteiger partial charge on any atom is -0.497 e. The van der Waals surface area contributed by atoms with Crippen LogP contribution in [0.25, 0.3) is 10.9 Å². The average Bonchev–Trinajstić information content (AvgIpc) is 3.05. The average molecular weight is 357 g/mol. The summed E-state index contributed by atoms with van der Waals surface area (Å²) >= 11 is 0. The number of benzene rings is 3. The molecule has 3 heteroatoms. The molecular formula is C24H23NO2. The maximum Gasteiger partial charge on any atom is 0.123 e. The summed E-state index contributed by atoms with van der Waals surface area (Å²) in [5, 5.41) is 1.26. The van der Waals surface area contributed by atoms with E-state index in [1.807, 2.05) is 18.2 Å². The van der Waals surface area contributed by atoms with E-state index in [2.05, 4.69) is 65.4 Å². The van der Waals surface area contributed by atoms with Gasteiger partial charge in [-0.3, -0.25) is 0 Å². The molecule has 0 radical (unpaired) electrons. The van der Waals surface area contributed by atoms with Gasteiger partial charge < -0.3 is 14.0 Å². The van der Waals surface area contributed by atoms with E-state index in [4.69, 9.17) is 9.47 Å². The molecule has 0 saturated carbocycles. The first kappa shape index (κ1) is 17.2. The predicted molar refractivity (Wildman–Crippen MR) is 110 cm³/mol. The van der Waals surface area contributed by atoms with Crippen LogP contribution >= 0.6 is 0 Å². The fourth-order valence-electron chi connectivity index (χ4n) is 3.58. The first-order chi connectivity index (χ1) is 13.3. The molecule has 0 aliphatic heterocycles. The fraction of sp³-hybridized carbons (Fsp3) is 0.167. The molecule has 0 aliphatic rings. The number of nitrogens with zero attached hydrogens (tertiary/aromatic N) is 1. The van der Waals surface area contributed by atoms with Gasteiger partial charge in [0.1, 0.15) is 11.5 Å². The van der Waals surface area contributed by atoms with E-state index < -0.39 is 0 Å². The number of methoxy groups -OCH3 is 2. The molecule has 1 aromatic heterocycles. The summed E-state index contributed by atoms with van der Waals surface area (Å²) in [4.78, 5) is 0. The molecule has 136 valence electrons. The summed E-state index contributed by atoms with van der Waals surface area (Å²) in [6, 6.07) is 25.1. The van der Waals surface area contributed by atoms with Crippen LogP contribution in [0.4, 0.5) is 0 Å². The lowest BCUT2D eigenvalue weighted by molar-refractivity contribution is 0.408. The topological polar surface area (TPSA) is 23.4 Å². The van der Waals surface area contributed by atoms with E-state index in [-0.39, 0.29) is 0 Å². The van der Waals surface area contributed by atoms with Gasteiger partial charge in [-0.2, -0.15) is 0 Å². The predicted octanol–water partition coefficient (Wildman–Crippen LogP) is 5.30. The highest BCUT2D eigenvalue weighted by Gasteiger charge is 2.12. The van der Waals surface area contributed by atoms with Crippen molar-refractivity contribution in [1.82, 2.24) is 4.57 Å². The highest BCUT2D eigenvalue weighted by molar-refractivity contribution is 5.85. The highest BCUT2D eigenvalue weighted by atomic mass is 16.5. The van der Waals surface area contributed by atoms with Crippen LogP contribution < -0.4 is 9.47 Å². The Hall–Kier alpha value is -3.20. The molecule has 0 fully saturated rings. The van der Waals surface area contributed by atoms with E-state index in [0.29, 0.717) is 0 Å². The normalized spacial score (nSPS) is 10.9. The van der Waals surface area contributed by atoms with Crippen LogP contribution in [0, 0.1) is 0 Å². The molecule has 3 nitrogen and oxygen atoms in total. The smallest absolute Gasteiger partial charge is 0.123 e. The van der Waals surface area contributed by atoms with E-state index >= 15 is 0 Å². The number of hydrogen-bond acceptors (Lipinski definition) is 2. The van der Waals surface area contributed by atoms with Crippen molar-refractivity contribution in [2.75, 3.05) is 14.2 Å². The molecule has 1 heterocycles. The highest BCUT2D eigenvalue weighted by Crippen LogP contribution is 2.29. The van der Waals surface area contributed by atoms with Gasteiger partial charge in [-0.05, 0) is 35.7 Å². The molecule has 0 atom stereocenters. The zero-order chi connectivity index (χ0) is 18.6. The van der Waals surface area contributed by atoms with Crippen molar-refractivity contribution in [1.29, 1.82) is 0 Å². The minimum atomic E-state index is 0.752. The van der Waals surface area contributed by atoms with Gasteiger partial charge in [0, 0.05) is 23.2 Å². The van der Waals surface area contributed by atoms with Gasteiger partial charge in [0.25, 0.3) is 0 Å². The Bertz CT molecular complexity index is 1050. The number of fused-ring (bicyclic) bond motifs is 1. The van der Waals surface area contributed by atoms with E-state index in [1.165, 1.54) is 22.0 Å². The van der Waals surface area contributed by atoms with Crippen LogP contribution in [-0.4, -0.2) is 18.8 Å². The van der Waals surface area contributed by atoms with Gasteiger partial charge in [0.05, 0.1) is 26.3 Å². The molecule has 0 aliphatic carbocycles. The van der Waals surface area contributed by atoms with Crippen LogP contribution in [0.5, 0.6) is 11.5 Å². The Kier molecular flexibility index (Phi) is 4.84. The van der Waals surface area contributed by atoms with Crippen molar-refractivity contribution >= 4 is 10.9 Å². The van der Waals surface area contributed by atoms with Crippen LogP contribution in [0.3, 0.4) is 0 Å². The third kappa shape index (κ3) is 3.54. The summed E-state index contributed by atoms with van der Waals surface area (Å²) in [5.41, 5.74) is 4.95.